The first-order chi connectivity index (χ1) is 35.3. The van der Waals surface area contributed by atoms with E-state index < -0.39 is 195 Å². The molecule has 1 heterocycles. The van der Waals surface area contributed by atoms with Crippen molar-refractivity contribution in [2.24, 2.45) is 0 Å². The van der Waals surface area contributed by atoms with Gasteiger partial charge in [-0.1, -0.05) is 78.9 Å². The van der Waals surface area contributed by atoms with Gasteiger partial charge < -0.3 is 4.74 Å². The Bertz CT molecular complexity index is 2690. The molecular weight excluding hydrogens is 1120 g/mol. The first kappa shape index (κ1) is 61.6. The van der Waals surface area contributed by atoms with E-state index in [2.05, 4.69) is 0 Å². The summed E-state index contributed by atoms with van der Waals surface area (Å²) < 4.78 is 348. The summed E-state index contributed by atoms with van der Waals surface area (Å²) in [6, 6.07) is 3.63. The highest BCUT2D eigenvalue weighted by molar-refractivity contribution is 7.20. The Hall–Kier alpha value is -7.23. The summed E-state index contributed by atoms with van der Waals surface area (Å²) >= 11 is 0. The fraction of sp³-hybridized carbons (Fsp3) is 0.245. The summed E-state index contributed by atoms with van der Waals surface area (Å²) in [4.78, 5) is 23.8. The zero-order valence-corrected chi connectivity index (χ0v) is 38.7. The van der Waals surface area contributed by atoms with E-state index in [1.54, 1.807) is 55.1 Å². The number of aromatic nitrogens is 1. The second kappa shape index (κ2) is 21.5. The molecule has 0 radical (unpaired) electrons. The van der Waals surface area contributed by atoms with Crippen molar-refractivity contribution in [1.29, 1.82) is 0 Å². The number of nitrogens with zero attached hydrogens (tertiary/aromatic N) is 1. The van der Waals surface area contributed by atoms with Gasteiger partial charge in [0.15, 0.2) is 12.4 Å². The van der Waals surface area contributed by atoms with Crippen LogP contribution < -0.4 is 26.4 Å². The van der Waals surface area contributed by atoms with Gasteiger partial charge in [-0.25, -0.2) is 4.79 Å². The summed E-state index contributed by atoms with van der Waals surface area (Å²) in [6.07, 6.45) is -51.5. The van der Waals surface area contributed by atoms with Crippen molar-refractivity contribution in [3.8, 4) is 0 Å². The van der Waals surface area contributed by atoms with Crippen LogP contribution in [0, 0.1) is 0 Å². The lowest BCUT2D eigenvalue weighted by atomic mass is 9.12. The van der Waals surface area contributed by atoms with E-state index >= 15 is 0 Å². The van der Waals surface area contributed by atoms with E-state index in [1.165, 1.54) is 0 Å². The highest BCUT2D eigenvalue weighted by atomic mass is 19.4. The lowest BCUT2D eigenvalue weighted by molar-refractivity contribution is -0.683. The third-order valence-electron chi connectivity index (χ3n) is 11.3. The number of alkyl halides is 24. The summed E-state index contributed by atoms with van der Waals surface area (Å²) in [7, 11) is 0. The predicted molar refractivity (Wildman–Crippen MR) is 228 cm³/mol. The minimum absolute atomic E-state index is 0.0260. The third kappa shape index (κ3) is 14.7. The lowest BCUT2D eigenvalue weighted by Gasteiger charge is -2.46. The minimum Gasteiger partial charge on any atom is -0.459 e. The number of carbonyl (C=O) groups excluding carboxylic acids is 2. The quantitative estimate of drug-likeness (QED) is 0.0477. The molecule has 0 bridgehead atoms. The van der Waals surface area contributed by atoms with Crippen LogP contribution in [-0.4, -0.2) is 24.0 Å². The van der Waals surface area contributed by atoms with Crippen LogP contribution in [-0.2, 0) is 60.7 Å². The molecule has 6 aromatic rings. The van der Waals surface area contributed by atoms with E-state index in [-0.39, 0.29) is 24.4 Å². The number of hydrogen-bond donors (Lipinski definition) is 0. The molecule has 0 aliphatic carbocycles. The third-order valence-corrected chi connectivity index (χ3v) is 11.3. The van der Waals surface area contributed by atoms with Crippen molar-refractivity contribution >= 4 is 39.7 Å². The second-order valence-electron chi connectivity index (χ2n) is 17.2. The largest absolute Gasteiger partial charge is 0.459 e. The first-order valence-corrected chi connectivity index (χ1v) is 21.5. The maximum atomic E-state index is 14.2. The molecule has 0 aliphatic heterocycles. The van der Waals surface area contributed by atoms with E-state index in [1.807, 2.05) is 18.2 Å². The van der Waals surface area contributed by atoms with Gasteiger partial charge in [-0.2, -0.15) is 132 Å². The smallest absolute Gasteiger partial charge is 0.416 e. The van der Waals surface area contributed by atoms with E-state index in [4.69, 9.17) is 4.74 Å². The number of esters is 1. The molecule has 5 aromatic carbocycles. The number of benzene rings is 5. The lowest BCUT2D eigenvalue weighted by Crippen LogP contribution is -2.75. The number of pyridine rings is 1. The van der Waals surface area contributed by atoms with Crippen LogP contribution in [0.1, 0.15) is 79.1 Å². The van der Waals surface area contributed by atoms with Crippen LogP contribution in [0.25, 0.3) is 0 Å². The van der Waals surface area contributed by atoms with Gasteiger partial charge >= 0.3 is 55.4 Å². The van der Waals surface area contributed by atoms with Gasteiger partial charge in [-0.3, -0.25) is 4.79 Å². The molecule has 0 fully saturated rings. The standard InChI is InChI=1S/C32H12BF24.C17H18NO3/c34-25(35,36)13-1-14(26(37,38)39)6-21(5-13)33(22-7-15(27(40,41)42)2-16(8-22)28(43,44)45,23-9-17(29(46,47)48)3-18(10-23)30(49,50)51)24-11-19(31(52,53)54)4-20(12-24)32(55,56)57;1-13(2)21-17(20)15-8-10-18(11-9-15)12-16(19)14-6-4-3-5-7-14/h1-12H;3-11,13H,12H2,1-2H3/q-1;+1. The fourth-order valence-electron chi connectivity index (χ4n) is 7.93. The Morgan fingerprint density at radius 2 is 0.628 bits per heavy atom. The average Bonchev–Trinajstić information content (AvgIpc) is 3.30. The first-order valence-electron chi connectivity index (χ1n) is 21.5. The number of Topliss-reactive ketones (excluding diaryl/α,β-unsaturated/α-hetero) is 1. The Morgan fingerprint density at radius 3 is 0.846 bits per heavy atom. The zero-order valence-electron chi connectivity index (χ0n) is 38.7. The van der Waals surface area contributed by atoms with Crippen molar-refractivity contribution < 1.29 is 124 Å². The van der Waals surface area contributed by atoms with Crippen molar-refractivity contribution in [3.63, 3.8) is 0 Å². The summed E-state index contributed by atoms with van der Waals surface area (Å²) in [5.41, 5.74) is -29.1. The van der Waals surface area contributed by atoms with Gasteiger partial charge in [0.2, 0.25) is 12.3 Å². The molecule has 1 aromatic heterocycles. The van der Waals surface area contributed by atoms with Crippen LogP contribution >= 0.6 is 0 Å². The normalized spacial score (nSPS) is 13.3. The summed E-state index contributed by atoms with van der Waals surface area (Å²) in [5, 5.41) is 0. The van der Waals surface area contributed by atoms with E-state index in [9.17, 15) is 115 Å². The molecule has 0 atom stereocenters. The molecule has 6 rings (SSSR count). The highest BCUT2D eigenvalue weighted by Gasteiger charge is 2.47. The molecule has 0 aliphatic rings. The number of carbonyl (C=O) groups is 2. The second-order valence-corrected chi connectivity index (χ2v) is 17.2. The molecule has 420 valence electrons. The Labute approximate surface area is 422 Å². The highest BCUT2D eigenvalue weighted by Crippen LogP contribution is 2.41. The van der Waals surface area contributed by atoms with Crippen molar-refractivity contribution in [1.82, 2.24) is 0 Å². The Balaban J connectivity index is 0.000000443. The molecular formula is C49H30BF24NO3. The molecule has 0 unspecified atom stereocenters. The van der Waals surface area contributed by atoms with Gasteiger partial charge in [-0.05, 0) is 38.1 Å². The molecule has 0 saturated heterocycles. The van der Waals surface area contributed by atoms with Gasteiger partial charge in [0.25, 0.3) is 0 Å². The molecule has 0 saturated carbocycles. The number of halogens is 24. The Morgan fingerprint density at radius 1 is 0.385 bits per heavy atom. The molecule has 0 spiro atoms. The average molecular weight is 1150 g/mol. The maximum Gasteiger partial charge on any atom is 0.416 e. The summed E-state index contributed by atoms with van der Waals surface area (Å²) in [6.45, 7) is 3.85. The molecule has 0 amide bonds. The monoisotopic (exact) mass is 1150 g/mol. The molecule has 29 heteroatoms. The van der Waals surface area contributed by atoms with E-state index in [0.717, 1.165) is 0 Å². The van der Waals surface area contributed by atoms with Gasteiger partial charge in [-0.15, -0.1) is 0 Å². The van der Waals surface area contributed by atoms with Crippen LogP contribution in [0.2, 0.25) is 0 Å². The number of hydrogen-bond acceptors (Lipinski definition) is 3. The number of rotatable bonds is 9. The Kier molecular flexibility index (Phi) is 17.0. The molecule has 4 nitrogen and oxygen atoms in total. The van der Waals surface area contributed by atoms with Crippen molar-refractivity contribution in [2.45, 2.75) is 75.9 Å². The maximum absolute atomic E-state index is 14.2. The topological polar surface area (TPSA) is 47.2 Å². The minimum atomic E-state index is -6.13. The number of ketones is 1. The van der Waals surface area contributed by atoms with E-state index in [0.29, 0.717) is 11.1 Å². The fourth-order valence-corrected chi connectivity index (χ4v) is 7.93. The van der Waals surface area contributed by atoms with Crippen molar-refractivity contribution in [3.05, 3.63) is 183 Å². The van der Waals surface area contributed by atoms with Gasteiger partial charge in [0.1, 0.15) is 6.15 Å². The van der Waals surface area contributed by atoms with Crippen molar-refractivity contribution in [2.75, 3.05) is 0 Å². The molecule has 78 heavy (non-hydrogen) atoms. The van der Waals surface area contributed by atoms with Crippen LogP contribution in [0.15, 0.2) is 128 Å². The van der Waals surface area contributed by atoms with Gasteiger partial charge in [0.05, 0.1) is 56.2 Å². The summed E-state index contributed by atoms with van der Waals surface area (Å²) in [5.74, 6) is -0.329. The number of ether oxygens (including phenoxy) is 1. The zero-order chi connectivity index (χ0) is 59.2. The van der Waals surface area contributed by atoms with Crippen LogP contribution in [0.3, 0.4) is 0 Å². The predicted octanol–water partition coefficient (Wildman–Crippen LogP) is 13.6. The van der Waals surface area contributed by atoms with Gasteiger partial charge in [0, 0.05) is 17.7 Å². The molecule has 0 N–H and O–H groups in total. The van der Waals surface area contributed by atoms with Crippen LogP contribution in [0.4, 0.5) is 105 Å². The SMILES string of the molecule is CC(C)OC(=O)c1cc[n+](CC(=O)c2ccccc2)cc1.FC(F)(F)c1cc([B-](c2cc(C(F)(F)F)cc(C(F)(F)F)c2)(c2cc(C(F)(F)F)cc(C(F)(F)F)c2)c2cc(C(F)(F)F)cc(C(F)(F)F)c2)cc(C(F)(F)F)c1. The van der Waals surface area contributed by atoms with Crippen LogP contribution in [0.5, 0.6) is 0 Å².